The zero-order valence-corrected chi connectivity index (χ0v) is 16.3. The van der Waals surface area contributed by atoms with Crippen LogP contribution in [0.4, 0.5) is 4.79 Å². The maximum atomic E-state index is 12.5. The minimum Gasteiger partial charge on any atom is -0.444 e. The second kappa shape index (κ2) is 10.3. The van der Waals surface area contributed by atoms with Gasteiger partial charge in [0.15, 0.2) is 0 Å². The fraction of sp³-hybridized carbons (Fsp3) is 0.600. The van der Waals surface area contributed by atoms with Gasteiger partial charge in [-0.25, -0.2) is 4.79 Å². The first-order valence-corrected chi connectivity index (χ1v) is 9.34. The minimum absolute atomic E-state index is 0.0290. The van der Waals surface area contributed by atoms with E-state index in [2.05, 4.69) is 10.6 Å². The van der Waals surface area contributed by atoms with Gasteiger partial charge in [0.05, 0.1) is 19.3 Å². The van der Waals surface area contributed by atoms with Crippen LogP contribution in [0.15, 0.2) is 30.3 Å². The van der Waals surface area contributed by atoms with E-state index < -0.39 is 17.7 Å². The summed E-state index contributed by atoms with van der Waals surface area (Å²) in [6, 6.07) is 8.80. The molecule has 0 spiro atoms. The average molecular weight is 378 g/mol. The maximum absolute atomic E-state index is 12.5. The normalized spacial score (nSPS) is 18.0. The van der Waals surface area contributed by atoms with Crippen LogP contribution in [0.5, 0.6) is 0 Å². The van der Waals surface area contributed by atoms with Gasteiger partial charge in [0.2, 0.25) is 5.91 Å². The van der Waals surface area contributed by atoms with E-state index in [9.17, 15) is 9.59 Å². The molecule has 1 aliphatic rings. The predicted molar refractivity (Wildman–Crippen MR) is 101 cm³/mol. The van der Waals surface area contributed by atoms with Crippen LogP contribution in [-0.2, 0) is 25.6 Å². The summed E-state index contributed by atoms with van der Waals surface area (Å²) in [6.07, 6.45) is 1.30. The van der Waals surface area contributed by atoms with Crippen LogP contribution in [0.2, 0.25) is 0 Å². The molecule has 0 aliphatic carbocycles. The van der Waals surface area contributed by atoms with Crippen molar-refractivity contribution in [3.63, 3.8) is 0 Å². The standard InChI is InChI=1S/C20H30N2O5/c1-20(2,3)27-19(24)22-17(14-25-13-15-8-5-4-6-9-15)18(23)21-12-16-10-7-11-26-16/h4-6,8-9,16-17H,7,10-14H2,1-3H3,(H,21,23)(H,22,24)/t16-,17-/m0/s1. The van der Waals surface area contributed by atoms with E-state index >= 15 is 0 Å². The molecule has 1 aliphatic heterocycles. The quantitative estimate of drug-likeness (QED) is 0.725. The molecular weight excluding hydrogens is 348 g/mol. The number of hydrogen-bond donors (Lipinski definition) is 2. The van der Waals surface area contributed by atoms with Crippen molar-refractivity contribution < 1.29 is 23.8 Å². The summed E-state index contributed by atoms with van der Waals surface area (Å²) < 4.78 is 16.4. The number of rotatable bonds is 8. The lowest BCUT2D eigenvalue weighted by Crippen LogP contribution is -2.51. The molecule has 27 heavy (non-hydrogen) atoms. The van der Waals surface area contributed by atoms with Crippen LogP contribution in [0.25, 0.3) is 0 Å². The largest absolute Gasteiger partial charge is 0.444 e. The highest BCUT2D eigenvalue weighted by Gasteiger charge is 2.26. The van der Waals surface area contributed by atoms with E-state index in [1.54, 1.807) is 20.8 Å². The van der Waals surface area contributed by atoms with Gasteiger partial charge in [-0.3, -0.25) is 4.79 Å². The van der Waals surface area contributed by atoms with E-state index in [0.717, 1.165) is 25.0 Å². The molecule has 150 valence electrons. The highest BCUT2D eigenvalue weighted by molar-refractivity contribution is 5.85. The van der Waals surface area contributed by atoms with Gasteiger partial charge >= 0.3 is 6.09 Å². The second-order valence-corrected chi connectivity index (χ2v) is 7.58. The first kappa shape index (κ1) is 21.2. The number of carbonyl (C=O) groups excluding carboxylic acids is 2. The summed E-state index contributed by atoms with van der Waals surface area (Å²) in [5, 5.41) is 5.42. The Balaban J connectivity index is 1.87. The van der Waals surface area contributed by atoms with Gasteiger partial charge in [0.25, 0.3) is 0 Å². The average Bonchev–Trinajstić information content (AvgIpc) is 3.11. The van der Waals surface area contributed by atoms with Crippen molar-refractivity contribution in [2.45, 2.75) is 58.0 Å². The Morgan fingerprint density at radius 1 is 1.26 bits per heavy atom. The van der Waals surface area contributed by atoms with E-state index in [1.165, 1.54) is 0 Å². The molecule has 7 heteroatoms. The molecule has 2 amide bonds. The lowest BCUT2D eigenvalue weighted by molar-refractivity contribution is -0.125. The van der Waals surface area contributed by atoms with Gasteiger partial charge in [-0.15, -0.1) is 0 Å². The van der Waals surface area contributed by atoms with Crippen LogP contribution in [-0.4, -0.2) is 49.5 Å². The van der Waals surface area contributed by atoms with E-state index in [4.69, 9.17) is 14.2 Å². The van der Waals surface area contributed by atoms with Gasteiger partial charge in [0.1, 0.15) is 11.6 Å². The van der Waals surface area contributed by atoms with E-state index in [-0.39, 0.29) is 18.6 Å². The molecule has 7 nitrogen and oxygen atoms in total. The molecule has 0 aromatic heterocycles. The Hall–Kier alpha value is -2.12. The summed E-state index contributed by atoms with van der Waals surface area (Å²) in [4.78, 5) is 24.6. The van der Waals surface area contributed by atoms with Gasteiger partial charge < -0.3 is 24.8 Å². The molecule has 0 radical (unpaired) electrons. The summed E-state index contributed by atoms with van der Waals surface area (Å²) in [6.45, 7) is 6.85. The van der Waals surface area contributed by atoms with Crippen molar-refractivity contribution in [2.75, 3.05) is 19.8 Å². The Labute approximate surface area is 160 Å². The molecule has 1 saturated heterocycles. The lowest BCUT2D eigenvalue weighted by atomic mass is 10.2. The fourth-order valence-corrected chi connectivity index (χ4v) is 2.64. The predicted octanol–water partition coefficient (Wildman–Crippen LogP) is 2.39. The molecule has 2 N–H and O–H groups in total. The van der Waals surface area contributed by atoms with Gasteiger partial charge in [-0.05, 0) is 39.2 Å². The molecule has 2 rings (SSSR count). The molecule has 0 bridgehead atoms. The topological polar surface area (TPSA) is 85.9 Å². The maximum Gasteiger partial charge on any atom is 0.408 e. The third-order valence-electron chi connectivity index (χ3n) is 3.93. The van der Waals surface area contributed by atoms with E-state index in [1.807, 2.05) is 30.3 Å². The smallest absolute Gasteiger partial charge is 0.408 e. The van der Waals surface area contributed by atoms with E-state index in [0.29, 0.717) is 13.2 Å². The van der Waals surface area contributed by atoms with Crippen LogP contribution >= 0.6 is 0 Å². The minimum atomic E-state index is -0.843. The lowest BCUT2D eigenvalue weighted by Gasteiger charge is -2.23. The van der Waals surface area contributed by atoms with Gasteiger partial charge in [-0.2, -0.15) is 0 Å². The Morgan fingerprint density at radius 2 is 2.00 bits per heavy atom. The SMILES string of the molecule is CC(C)(C)OC(=O)N[C@@H](COCc1ccccc1)C(=O)NC[C@@H]1CCCO1. The molecule has 0 saturated carbocycles. The molecule has 1 aromatic carbocycles. The van der Waals surface area contributed by atoms with Gasteiger partial charge in [-0.1, -0.05) is 30.3 Å². The summed E-state index contributed by atoms with van der Waals surface area (Å²) >= 11 is 0. The molecule has 1 aromatic rings. The highest BCUT2D eigenvalue weighted by Crippen LogP contribution is 2.11. The summed E-state index contributed by atoms with van der Waals surface area (Å²) in [7, 11) is 0. The van der Waals surface area contributed by atoms with Crippen LogP contribution in [0.3, 0.4) is 0 Å². The van der Waals surface area contributed by atoms with Gasteiger partial charge in [0, 0.05) is 13.2 Å². The number of ether oxygens (including phenoxy) is 3. The number of nitrogens with one attached hydrogen (secondary N) is 2. The second-order valence-electron chi connectivity index (χ2n) is 7.58. The zero-order chi connectivity index (χ0) is 19.7. The molecule has 2 atom stereocenters. The monoisotopic (exact) mass is 378 g/mol. The number of alkyl carbamates (subject to hydrolysis) is 1. The molecular formula is C20H30N2O5. The number of amides is 2. The van der Waals surface area contributed by atoms with Crippen LogP contribution in [0.1, 0.15) is 39.2 Å². The molecule has 1 fully saturated rings. The van der Waals surface area contributed by atoms with Crippen molar-refractivity contribution >= 4 is 12.0 Å². The van der Waals surface area contributed by atoms with Crippen molar-refractivity contribution in [1.82, 2.24) is 10.6 Å². The third kappa shape index (κ3) is 8.41. The first-order valence-electron chi connectivity index (χ1n) is 9.34. The number of hydrogen-bond acceptors (Lipinski definition) is 5. The number of benzene rings is 1. The summed E-state index contributed by atoms with van der Waals surface area (Å²) in [5.41, 5.74) is 0.349. The Kier molecular flexibility index (Phi) is 8.06. The Bertz CT molecular complexity index is 594. The number of carbonyl (C=O) groups is 2. The first-order chi connectivity index (χ1) is 12.8. The molecule has 0 unspecified atom stereocenters. The third-order valence-corrected chi connectivity index (χ3v) is 3.93. The highest BCUT2D eigenvalue weighted by atomic mass is 16.6. The zero-order valence-electron chi connectivity index (χ0n) is 16.3. The summed E-state index contributed by atoms with van der Waals surface area (Å²) in [5.74, 6) is -0.315. The fourth-order valence-electron chi connectivity index (χ4n) is 2.64. The van der Waals surface area contributed by atoms with Crippen LogP contribution < -0.4 is 10.6 Å². The van der Waals surface area contributed by atoms with Crippen LogP contribution in [0, 0.1) is 0 Å². The van der Waals surface area contributed by atoms with Crippen molar-refractivity contribution in [2.24, 2.45) is 0 Å². The molecule has 1 heterocycles. The van der Waals surface area contributed by atoms with Crippen molar-refractivity contribution in [1.29, 1.82) is 0 Å². The Morgan fingerprint density at radius 3 is 2.63 bits per heavy atom. The van der Waals surface area contributed by atoms with Crippen molar-refractivity contribution in [3.8, 4) is 0 Å². The van der Waals surface area contributed by atoms with Crippen molar-refractivity contribution in [3.05, 3.63) is 35.9 Å².